The second kappa shape index (κ2) is 9.58. The number of alkyl halides is 3. The SMILES string of the molecule is CCOc1ccc(SCC(=O)NCCOCC(F)(F)F)cc1. The summed E-state index contributed by atoms with van der Waals surface area (Å²) in [5, 5.41) is 2.49. The first-order valence-electron chi connectivity index (χ1n) is 6.67. The van der Waals surface area contributed by atoms with Gasteiger partial charge in [-0.2, -0.15) is 13.2 Å². The minimum atomic E-state index is -4.34. The summed E-state index contributed by atoms with van der Waals surface area (Å²) in [7, 11) is 0. The minimum Gasteiger partial charge on any atom is -0.494 e. The highest BCUT2D eigenvalue weighted by Crippen LogP contribution is 2.21. The van der Waals surface area contributed by atoms with Gasteiger partial charge in [-0.15, -0.1) is 11.8 Å². The number of hydrogen-bond donors (Lipinski definition) is 1. The molecule has 0 unspecified atom stereocenters. The molecule has 0 spiro atoms. The van der Waals surface area contributed by atoms with E-state index in [2.05, 4.69) is 10.1 Å². The van der Waals surface area contributed by atoms with Gasteiger partial charge < -0.3 is 14.8 Å². The molecular weight excluding hydrogens is 319 g/mol. The molecule has 0 saturated carbocycles. The summed E-state index contributed by atoms with van der Waals surface area (Å²) in [6.45, 7) is 1.07. The van der Waals surface area contributed by atoms with Gasteiger partial charge in [0.05, 0.1) is 19.0 Å². The molecule has 1 aromatic carbocycles. The van der Waals surface area contributed by atoms with Crippen LogP contribution in [0.5, 0.6) is 5.75 Å². The maximum atomic E-state index is 11.8. The lowest BCUT2D eigenvalue weighted by atomic mass is 10.3. The minimum absolute atomic E-state index is 0.0543. The summed E-state index contributed by atoms with van der Waals surface area (Å²) >= 11 is 1.33. The van der Waals surface area contributed by atoms with Crippen molar-refractivity contribution in [1.82, 2.24) is 5.32 Å². The molecule has 0 aliphatic rings. The van der Waals surface area contributed by atoms with Gasteiger partial charge in [-0.1, -0.05) is 0 Å². The molecule has 0 saturated heterocycles. The van der Waals surface area contributed by atoms with Crippen molar-refractivity contribution in [3.05, 3.63) is 24.3 Å². The van der Waals surface area contributed by atoms with Gasteiger partial charge in [-0.25, -0.2) is 0 Å². The number of thioether (sulfide) groups is 1. The summed E-state index contributed by atoms with van der Waals surface area (Å²) < 4.78 is 45.1. The molecule has 1 amide bonds. The van der Waals surface area contributed by atoms with Crippen LogP contribution >= 0.6 is 11.8 Å². The van der Waals surface area contributed by atoms with Crippen molar-refractivity contribution < 1.29 is 27.4 Å². The Hall–Kier alpha value is -1.41. The number of nitrogens with one attached hydrogen (secondary N) is 1. The molecule has 0 aliphatic carbocycles. The third-order valence-corrected chi connectivity index (χ3v) is 3.35. The molecular formula is C14H18F3NO3S. The second-order valence-corrected chi connectivity index (χ2v) is 5.26. The topological polar surface area (TPSA) is 47.6 Å². The van der Waals surface area contributed by atoms with E-state index in [4.69, 9.17) is 4.74 Å². The van der Waals surface area contributed by atoms with Crippen LogP contribution in [0, 0.1) is 0 Å². The van der Waals surface area contributed by atoms with E-state index in [1.54, 1.807) is 0 Å². The number of carbonyl (C=O) groups is 1. The van der Waals surface area contributed by atoms with Crippen molar-refractivity contribution in [1.29, 1.82) is 0 Å². The van der Waals surface area contributed by atoms with Gasteiger partial charge in [0, 0.05) is 11.4 Å². The van der Waals surface area contributed by atoms with Crippen molar-refractivity contribution in [2.24, 2.45) is 0 Å². The summed E-state index contributed by atoms with van der Waals surface area (Å²) in [5.74, 6) is 0.695. The zero-order valence-corrected chi connectivity index (χ0v) is 12.9. The maximum absolute atomic E-state index is 11.8. The fourth-order valence-corrected chi connectivity index (χ4v) is 2.18. The molecule has 124 valence electrons. The maximum Gasteiger partial charge on any atom is 0.411 e. The number of halogens is 3. The fraction of sp³-hybridized carbons (Fsp3) is 0.500. The zero-order chi connectivity index (χ0) is 16.4. The van der Waals surface area contributed by atoms with Crippen molar-refractivity contribution in [2.75, 3.05) is 32.1 Å². The van der Waals surface area contributed by atoms with Gasteiger partial charge in [0.2, 0.25) is 5.91 Å². The quantitative estimate of drug-likeness (QED) is 0.556. The average molecular weight is 337 g/mol. The van der Waals surface area contributed by atoms with Crippen LogP contribution in [-0.4, -0.2) is 44.2 Å². The number of rotatable bonds is 9. The number of benzene rings is 1. The van der Waals surface area contributed by atoms with Crippen LogP contribution in [0.1, 0.15) is 6.92 Å². The Labute approximate surface area is 131 Å². The molecule has 0 bridgehead atoms. The van der Waals surface area contributed by atoms with Crippen LogP contribution in [0.3, 0.4) is 0 Å². The lowest BCUT2D eigenvalue weighted by molar-refractivity contribution is -0.173. The van der Waals surface area contributed by atoms with E-state index >= 15 is 0 Å². The van der Waals surface area contributed by atoms with E-state index in [-0.39, 0.29) is 24.8 Å². The molecule has 22 heavy (non-hydrogen) atoms. The molecule has 8 heteroatoms. The Morgan fingerprint density at radius 3 is 2.55 bits per heavy atom. The van der Waals surface area contributed by atoms with E-state index in [0.717, 1.165) is 10.6 Å². The van der Waals surface area contributed by atoms with E-state index < -0.39 is 12.8 Å². The van der Waals surface area contributed by atoms with Crippen molar-refractivity contribution in [3.8, 4) is 5.75 Å². The number of carbonyl (C=O) groups excluding carboxylic acids is 1. The van der Waals surface area contributed by atoms with E-state index in [0.29, 0.717) is 6.61 Å². The van der Waals surface area contributed by atoms with Gasteiger partial charge in [0.25, 0.3) is 0 Å². The third kappa shape index (κ3) is 8.78. The van der Waals surface area contributed by atoms with Crippen LogP contribution in [-0.2, 0) is 9.53 Å². The van der Waals surface area contributed by atoms with Gasteiger partial charge in [-0.3, -0.25) is 4.79 Å². The molecule has 0 atom stereocenters. The Bertz CT molecular complexity index is 452. The second-order valence-electron chi connectivity index (χ2n) is 4.21. The van der Waals surface area contributed by atoms with Crippen LogP contribution in [0.25, 0.3) is 0 Å². The fourth-order valence-electron chi connectivity index (χ4n) is 1.45. The van der Waals surface area contributed by atoms with E-state index in [1.165, 1.54) is 11.8 Å². The van der Waals surface area contributed by atoms with Gasteiger partial charge in [-0.05, 0) is 31.2 Å². The zero-order valence-electron chi connectivity index (χ0n) is 12.1. The first kappa shape index (κ1) is 18.6. The summed E-state index contributed by atoms with van der Waals surface area (Å²) in [4.78, 5) is 12.4. The Balaban J connectivity index is 2.15. The largest absolute Gasteiger partial charge is 0.494 e. The molecule has 4 nitrogen and oxygen atoms in total. The van der Waals surface area contributed by atoms with Crippen molar-refractivity contribution >= 4 is 17.7 Å². The molecule has 1 aromatic rings. The third-order valence-electron chi connectivity index (χ3n) is 2.34. The first-order valence-corrected chi connectivity index (χ1v) is 7.66. The van der Waals surface area contributed by atoms with Crippen molar-refractivity contribution in [3.63, 3.8) is 0 Å². The standard InChI is InChI=1S/C14H18F3NO3S/c1-2-21-11-3-5-12(6-4-11)22-9-13(19)18-7-8-20-10-14(15,16)17/h3-6H,2,7-10H2,1H3,(H,18,19). The molecule has 0 aliphatic heterocycles. The molecule has 0 radical (unpaired) electrons. The predicted molar refractivity (Wildman–Crippen MR) is 78.2 cm³/mol. The number of amides is 1. The predicted octanol–water partition coefficient (Wildman–Crippen LogP) is 2.87. The van der Waals surface area contributed by atoms with Crippen LogP contribution in [0.4, 0.5) is 13.2 Å². The molecule has 0 heterocycles. The monoisotopic (exact) mass is 337 g/mol. The smallest absolute Gasteiger partial charge is 0.411 e. The highest BCUT2D eigenvalue weighted by Gasteiger charge is 2.27. The van der Waals surface area contributed by atoms with Crippen LogP contribution in [0.2, 0.25) is 0 Å². The molecule has 0 aromatic heterocycles. The van der Waals surface area contributed by atoms with E-state index in [9.17, 15) is 18.0 Å². The number of ether oxygens (including phenoxy) is 2. The summed E-state index contributed by atoms with van der Waals surface area (Å²) in [6, 6.07) is 7.31. The van der Waals surface area contributed by atoms with Crippen molar-refractivity contribution in [2.45, 2.75) is 18.0 Å². The molecule has 1 rings (SSSR count). The van der Waals surface area contributed by atoms with Gasteiger partial charge in [0.1, 0.15) is 12.4 Å². The Morgan fingerprint density at radius 2 is 1.95 bits per heavy atom. The van der Waals surface area contributed by atoms with E-state index in [1.807, 2.05) is 31.2 Å². The lowest BCUT2D eigenvalue weighted by Gasteiger charge is -2.08. The van der Waals surface area contributed by atoms with Gasteiger partial charge in [0.15, 0.2) is 0 Å². The first-order chi connectivity index (χ1) is 10.4. The average Bonchev–Trinajstić information content (AvgIpc) is 2.45. The lowest BCUT2D eigenvalue weighted by Crippen LogP contribution is -2.30. The normalized spacial score (nSPS) is 11.3. The Morgan fingerprint density at radius 1 is 1.27 bits per heavy atom. The molecule has 1 N–H and O–H groups in total. The highest BCUT2D eigenvalue weighted by molar-refractivity contribution is 8.00. The van der Waals surface area contributed by atoms with Crippen LogP contribution in [0.15, 0.2) is 29.2 Å². The summed E-state index contributed by atoms with van der Waals surface area (Å²) in [5.41, 5.74) is 0. The highest BCUT2D eigenvalue weighted by atomic mass is 32.2. The van der Waals surface area contributed by atoms with Gasteiger partial charge >= 0.3 is 6.18 Å². The van der Waals surface area contributed by atoms with Crippen LogP contribution < -0.4 is 10.1 Å². The number of hydrogen-bond acceptors (Lipinski definition) is 4. The Kier molecular flexibility index (Phi) is 8.11. The molecule has 0 fully saturated rings. The summed E-state index contributed by atoms with van der Waals surface area (Å²) in [6.07, 6.45) is -4.34.